The number of amides is 2. The van der Waals surface area contributed by atoms with Gasteiger partial charge in [0.05, 0.1) is 0 Å². The molecular formula is C27H38N6O4. The molecule has 1 atom stereocenters. The summed E-state index contributed by atoms with van der Waals surface area (Å²) in [5.41, 5.74) is 10.3. The molecule has 10 nitrogen and oxygen atoms in total. The molecule has 2 amide bonds. The molecule has 3 heterocycles. The highest BCUT2D eigenvalue weighted by molar-refractivity contribution is 5.83. The fraction of sp³-hybridized carbons (Fsp3) is 0.593. The second-order valence-corrected chi connectivity index (χ2v) is 10.7. The zero-order chi connectivity index (χ0) is 26.3. The maximum absolute atomic E-state index is 13.2. The van der Waals surface area contributed by atoms with Gasteiger partial charge >= 0.3 is 0 Å². The van der Waals surface area contributed by atoms with E-state index in [2.05, 4.69) is 36.9 Å². The average Bonchev–Trinajstić information content (AvgIpc) is 3.50. The summed E-state index contributed by atoms with van der Waals surface area (Å²) in [7, 11) is 0. The van der Waals surface area contributed by atoms with Crippen LogP contribution in [0.1, 0.15) is 53.6 Å². The summed E-state index contributed by atoms with van der Waals surface area (Å²) in [5, 5.41) is 26.2. The highest BCUT2D eigenvalue weighted by atomic mass is 16.3. The van der Waals surface area contributed by atoms with Crippen molar-refractivity contribution in [2.24, 2.45) is 5.73 Å². The number of aromatic nitrogens is 2. The van der Waals surface area contributed by atoms with Crippen LogP contribution in [-0.4, -0.2) is 86.5 Å². The Morgan fingerprint density at radius 1 is 1.08 bits per heavy atom. The van der Waals surface area contributed by atoms with Crippen molar-refractivity contribution >= 4 is 17.5 Å². The van der Waals surface area contributed by atoms with Gasteiger partial charge < -0.3 is 25.7 Å². The molecule has 2 aliphatic heterocycles. The Balaban J connectivity index is 1.23. The number of hydrogen-bond acceptors (Lipinski definition) is 7. The molecule has 37 heavy (non-hydrogen) atoms. The van der Waals surface area contributed by atoms with Gasteiger partial charge in [0.15, 0.2) is 6.23 Å². The predicted molar refractivity (Wildman–Crippen MR) is 139 cm³/mol. The molecule has 5 rings (SSSR count). The molecule has 2 saturated heterocycles. The standard InChI is InChI=1S/C27H38N6O4/c1-18-5-3-7-21(19(18)2)30-13-15-31(16-14-30)23(34)17-33-22-8-4-6-20(22)24(29-33)25(35)32-11-9-27(37,10-12-32)26(28)36/h3,5,7,25,35,37H,4,6,8-17H2,1-2H3,(H2,28,36). The zero-order valence-corrected chi connectivity index (χ0v) is 21.8. The lowest BCUT2D eigenvalue weighted by Crippen LogP contribution is -2.52. The highest BCUT2D eigenvalue weighted by Gasteiger charge is 2.40. The molecular weight excluding hydrogens is 472 g/mol. The van der Waals surface area contributed by atoms with Crippen LogP contribution in [0.5, 0.6) is 0 Å². The maximum atomic E-state index is 13.2. The van der Waals surface area contributed by atoms with Crippen LogP contribution in [0.3, 0.4) is 0 Å². The summed E-state index contributed by atoms with van der Waals surface area (Å²) in [6.07, 6.45) is 2.04. The van der Waals surface area contributed by atoms with E-state index in [-0.39, 0.29) is 25.3 Å². The van der Waals surface area contributed by atoms with Crippen molar-refractivity contribution < 1.29 is 19.8 Å². The minimum absolute atomic E-state index is 0.0448. The van der Waals surface area contributed by atoms with Gasteiger partial charge in [-0.2, -0.15) is 5.10 Å². The molecule has 0 saturated carbocycles. The van der Waals surface area contributed by atoms with Crippen LogP contribution in [0.4, 0.5) is 5.69 Å². The second kappa shape index (κ2) is 10.1. The molecule has 2 aromatic rings. The fourth-order valence-corrected chi connectivity index (χ4v) is 5.94. The normalized spacial score (nSPS) is 20.6. The third-order valence-electron chi connectivity index (χ3n) is 8.55. The molecule has 0 spiro atoms. The molecule has 1 aromatic carbocycles. The number of rotatable bonds is 6. The molecule has 1 unspecified atom stereocenters. The summed E-state index contributed by atoms with van der Waals surface area (Å²) in [6.45, 7) is 8.04. The Kier molecular flexibility index (Phi) is 6.99. The van der Waals surface area contributed by atoms with E-state index in [1.807, 2.05) is 9.80 Å². The number of aryl methyl sites for hydroxylation is 1. The Hall–Kier alpha value is -2.95. The summed E-state index contributed by atoms with van der Waals surface area (Å²) in [5.74, 6) is -0.677. The molecule has 0 bridgehead atoms. The number of carbonyl (C=O) groups excluding carboxylic acids is 2. The molecule has 2 fully saturated rings. The van der Waals surface area contributed by atoms with Crippen molar-refractivity contribution in [2.75, 3.05) is 44.2 Å². The van der Waals surface area contributed by atoms with Crippen molar-refractivity contribution in [1.29, 1.82) is 0 Å². The van der Waals surface area contributed by atoms with E-state index in [0.29, 0.717) is 31.9 Å². The molecule has 1 aliphatic carbocycles. The summed E-state index contributed by atoms with van der Waals surface area (Å²) >= 11 is 0. The van der Waals surface area contributed by atoms with Crippen LogP contribution in [-0.2, 0) is 29.0 Å². The SMILES string of the molecule is Cc1cccc(N2CCN(C(=O)Cn3nc(C(O)N4CCC(O)(C(N)=O)CC4)c4c3CCC4)CC2)c1C. The quantitative estimate of drug-likeness (QED) is 0.520. The number of likely N-dealkylation sites (tertiary alicyclic amines) is 1. The van der Waals surface area contributed by atoms with E-state index >= 15 is 0 Å². The number of nitrogens with two attached hydrogens (primary N) is 1. The van der Waals surface area contributed by atoms with E-state index in [1.165, 1.54) is 16.8 Å². The van der Waals surface area contributed by atoms with Gasteiger partial charge in [-0.1, -0.05) is 12.1 Å². The third kappa shape index (κ3) is 4.85. The number of aliphatic hydroxyl groups is 2. The van der Waals surface area contributed by atoms with Crippen LogP contribution >= 0.6 is 0 Å². The van der Waals surface area contributed by atoms with E-state index in [1.54, 1.807) is 4.68 Å². The smallest absolute Gasteiger partial charge is 0.249 e. The van der Waals surface area contributed by atoms with Crippen LogP contribution in [0.2, 0.25) is 0 Å². The molecule has 1 aromatic heterocycles. The topological polar surface area (TPSA) is 128 Å². The van der Waals surface area contributed by atoms with Crippen molar-refractivity contribution in [3.8, 4) is 0 Å². The van der Waals surface area contributed by atoms with Crippen molar-refractivity contribution in [3.63, 3.8) is 0 Å². The Bertz CT molecular complexity index is 1180. The van der Waals surface area contributed by atoms with Gasteiger partial charge in [-0.3, -0.25) is 19.2 Å². The second-order valence-electron chi connectivity index (χ2n) is 10.7. The van der Waals surface area contributed by atoms with Gasteiger partial charge in [0.2, 0.25) is 11.8 Å². The molecule has 3 aliphatic rings. The van der Waals surface area contributed by atoms with E-state index in [4.69, 9.17) is 10.8 Å². The van der Waals surface area contributed by atoms with E-state index in [0.717, 1.165) is 43.6 Å². The Morgan fingerprint density at radius 2 is 1.78 bits per heavy atom. The fourth-order valence-electron chi connectivity index (χ4n) is 5.94. The van der Waals surface area contributed by atoms with Gasteiger partial charge in [-0.05, 0) is 63.1 Å². The number of piperazine rings is 1. The van der Waals surface area contributed by atoms with Crippen molar-refractivity contribution in [2.45, 2.75) is 64.3 Å². The monoisotopic (exact) mass is 510 g/mol. The number of nitrogens with zero attached hydrogens (tertiary/aromatic N) is 5. The molecule has 200 valence electrons. The number of benzene rings is 1. The first-order chi connectivity index (χ1) is 17.7. The van der Waals surface area contributed by atoms with Crippen LogP contribution in [0.15, 0.2) is 18.2 Å². The van der Waals surface area contributed by atoms with Crippen molar-refractivity contribution in [1.82, 2.24) is 19.6 Å². The number of anilines is 1. The lowest BCUT2D eigenvalue weighted by Gasteiger charge is -2.38. The largest absolute Gasteiger partial charge is 0.380 e. The zero-order valence-electron chi connectivity index (χ0n) is 21.8. The van der Waals surface area contributed by atoms with Crippen LogP contribution in [0, 0.1) is 13.8 Å². The van der Waals surface area contributed by atoms with E-state index < -0.39 is 17.7 Å². The first-order valence-electron chi connectivity index (χ1n) is 13.3. The van der Waals surface area contributed by atoms with Crippen LogP contribution in [0.25, 0.3) is 0 Å². The lowest BCUT2D eigenvalue weighted by atomic mass is 9.90. The van der Waals surface area contributed by atoms with Gasteiger partial charge in [-0.15, -0.1) is 0 Å². The van der Waals surface area contributed by atoms with E-state index in [9.17, 15) is 19.8 Å². The highest BCUT2D eigenvalue weighted by Crippen LogP contribution is 2.33. The number of piperidine rings is 1. The number of hydrogen-bond donors (Lipinski definition) is 3. The number of fused-ring (bicyclic) bond motifs is 1. The Labute approximate surface area is 217 Å². The van der Waals surface area contributed by atoms with Gasteiger partial charge in [0.25, 0.3) is 0 Å². The maximum Gasteiger partial charge on any atom is 0.249 e. The van der Waals surface area contributed by atoms with Gasteiger partial charge in [-0.25, -0.2) is 0 Å². The summed E-state index contributed by atoms with van der Waals surface area (Å²) in [6, 6.07) is 6.36. The minimum Gasteiger partial charge on any atom is -0.380 e. The first kappa shape index (κ1) is 25.7. The molecule has 10 heteroatoms. The third-order valence-corrected chi connectivity index (χ3v) is 8.55. The molecule has 4 N–H and O–H groups in total. The average molecular weight is 511 g/mol. The summed E-state index contributed by atoms with van der Waals surface area (Å²) < 4.78 is 1.78. The number of carbonyl (C=O) groups is 2. The van der Waals surface area contributed by atoms with Gasteiger partial charge in [0, 0.05) is 56.2 Å². The first-order valence-corrected chi connectivity index (χ1v) is 13.3. The Morgan fingerprint density at radius 3 is 2.46 bits per heavy atom. The number of aliphatic hydroxyl groups excluding tert-OH is 1. The predicted octanol–water partition coefficient (Wildman–Crippen LogP) is 0.641. The van der Waals surface area contributed by atoms with Crippen molar-refractivity contribution in [3.05, 3.63) is 46.3 Å². The van der Waals surface area contributed by atoms with Crippen LogP contribution < -0.4 is 10.6 Å². The summed E-state index contributed by atoms with van der Waals surface area (Å²) in [4.78, 5) is 30.9. The lowest BCUT2D eigenvalue weighted by molar-refractivity contribution is -0.145. The molecule has 0 radical (unpaired) electrons. The number of primary amides is 1. The minimum atomic E-state index is -1.52. The van der Waals surface area contributed by atoms with Gasteiger partial charge in [0.1, 0.15) is 17.8 Å².